The quantitative estimate of drug-likeness (QED) is 0.552. The molecular formula is C14H10F2N8S. The van der Waals surface area contributed by atoms with Gasteiger partial charge < -0.3 is 4.57 Å². The number of hydrogen-bond donors (Lipinski definition) is 0. The summed E-state index contributed by atoms with van der Waals surface area (Å²) >= 11 is 1.21. The van der Waals surface area contributed by atoms with Crippen LogP contribution in [0, 0.1) is 0 Å². The van der Waals surface area contributed by atoms with Crippen LogP contribution in [0.1, 0.15) is 12.2 Å². The van der Waals surface area contributed by atoms with Crippen molar-refractivity contribution in [2.24, 2.45) is 7.05 Å². The largest absolute Gasteiger partial charge is 0.305 e. The maximum atomic E-state index is 12.9. The SMILES string of the molecule is Cn1c(Sc2ccc3nnc(C(F)F)n3n2)nnc1-c1ccncc1. The summed E-state index contributed by atoms with van der Waals surface area (Å²) in [6, 6.07) is 6.91. The first kappa shape index (κ1) is 15.6. The Hall–Kier alpha value is -2.95. The van der Waals surface area contributed by atoms with Crippen LogP contribution in [0.2, 0.25) is 0 Å². The minimum Gasteiger partial charge on any atom is -0.305 e. The predicted molar refractivity (Wildman–Crippen MR) is 84.1 cm³/mol. The molecule has 0 amide bonds. The molecule has 0 fully saturated rings. The Morgan fingerprint density at radius 2 is 1.80 bits per heavy atom. The smallest absolute Gasteiger partial charge is 0.299 e. The second kappa shape index (κ2) is 6.16. The van der Waals surface area contributed by atoms with Crippen LogP contribution in [0.25, 0.3) is 17.0 Å². The van der Waals surface area contributed by atoms with Crippen LogP contribution in [0.5, 0.6) is 0 Å². The van der Waals surface area contributed by atoms with Crippen LogP contribution in [-0.4, -0.2) is 39.6 Å². The van der Waals surface area contributed by atoms with Crippen molar-refractivity contribution in [1.29, 1.82) is 0 Å². The van der Waals surface area contributed by atoms with Crippen molar-refractivity contribution in [2.75, 3.05) is 0 Å². The van der Waals surface area contributed by atoms with Gasteiger partial charge in [-0.2, -0.15) is 9.61 Å². The summed E-state index contributed by atoms with van der Waals surface area (Å²) in [4.78, 5) is 3.97. The van der Waals surface area contributed by atoms with Crippen LogP contribution in [0.4, 0.5) is 8.78 Å². The number of nitrogens with zero attached hydrogens (tertiary/aromatic N) is 8. The first-order valence-corrected chi connectivity index (χ1v) is 7.93. The molecule has 0 aliphatic rings. The van der Waals surface area contributed by atoms with E-state index < -0.39 is 12.2 Å². The normalized spacial score (nSPS) is 11.5. The average Bonchev–Trinajstić information content (AvgIpc) is 3.20. The Labute approximate surface area is 143 Å². The highest BCUT2D eigenvalue weighted by molar-refractivity contribution is 7.99. The van der Waals surface area contributed by atoms with Crippen LogP contribution in [0.15, 0.2) is 46.8 Å². The number of halogens is 2. The Balaban J connectivity index is 1.68. The maximum Gasteiger partial charge on any atom is 0.299 e. The van der Waals surface area contributed by atoms with Crippen LogP contribution >= 0.6 is 11.8 Å². The molecule has 0 aliphatic heterocycles. The van der Waals surface area contributed by atoms with Gasteiger partial charge in [-0.05, 0) is 36.0 Å². The van der Waals surface area contributed by atoms with E-state index in [0.29, 0.717) is 16.0 Å². The van der Waals surface area contributed by atoms with E-state index in [4.69, 9.17) is 0 Å². The van der Waals surface area contributed by atoms with E-state index in [1.807, 2.05) is 19.2 Å². The highest BCUT2D eigenvalue weighted by Gasteiger charge is 2.18. The first-order chi connectivity index (χ1) is 12.1. The lowest BCUT2D eigenvalue weighted by Crippen LogP contribution is -2.01. The second-order valence-electron chi connectivity index (χ2n) is 5.00. The van der Waals surface area contributed by atoms with Gasteiger partial charge in [0.1, 0.15) is 5.03 Å². The van der Waals surface area contributed by atoms with Gasteiger partial charge in [-0.15, -0.1) is 20.4 Å². The van der Waals surface area contributed by atoms with Gasteiger partial charge in [0, 0.05) is 25.0 Å². The number of aromatic nitrogens is 8. The summed E-state index contributed by atoms with van der Waals surface area (Å²) in [6.45, 7) is 0. The fourth-order valence-electron chi connectivity index (χ4n) is 2.23. The van der Waals surface area contributed by atoms with E-state index in [1.165, 1.54) is 11.8 Å². The molecule has 0 saturated heterocycles. The third-order valence-corrected chi connectivity index (χ3v) is 4.39. The maximum absolute atomic E-state index is 12.9. The molecule has 0 saturated carbocycles. The lowest BCUT2D eigenvalue weighted by molar-refractivity contribution is 0.137. The zero-order chi connectivity index (χ0) is 17.4. The first-order valence-electron chi connectivity index (χ1n) is 7.11. The molecule has 0 bridgehead atoms. The van der Waals surface area contributed by atoms with Gasteiger partial charge in [0.15, 0.2) is 16.6 Å². The van der Waals surface area contributed by atoms with E-state index >= 15 is 0 Å². The molecule has 0 unspecified atom stereocenters. The highest BCUT2D eigenvalue weighted by Crippen LogP contribution is 2.28. The van der Waals surface area contributed by atoms with Crippen molar-refractivity contribution in [2.45, 2.75) is 16.6 Å². The van der Waals surface area contributed by atoms with Gasteiger partial charge in [-0.1, -0.05) is 0 Å². The molecule has 126 valence electrons. The third-order valence-electron chi connectivity index (χ3n) is 3.43. The Bertz CT molecular complexity index is 1030. The number of fused-ring (bicyclic) bond motifs is 1. The van der Waals surface area contributed by atoms with Crippen molar-refractivity contribution in [3.05, 3.63) is 42.5 Å². The highest BCUT2D eigenvalue weighted by atomic mass is 32.2. The number of rotatable bonds is 4. The van der Waals surface area contributed by atoms with Crippen molar-refractivity contribution in [3.63, 3.8) is 0 Å². The molecule has 0 radical (unpaired) electrons. The summed E-state index contributed by atoms with van der Waals surface area (Å²) in [5.74, 6) is 0.177. The van der Waals surface area contributed by atoms with Gasteiger partial charge in [0.2, 0.25) is 5.82 Å². The van der Waals surface area contributed by atoms with Crippen LogP contribution < -0.4 is 0 Å². The van der Waals surface area contributed by atoms with Gasteiger partial charge in [0.25, 0.3) is 6.43 Å². The lowest BCUT2D eigenvalue weighted by atomic mass is 10.2. The molecule has 0 atom stereocenters. The molecule has 11 heteroatoms. The summed E-state index contributed by atoms with van der Waals surface area (Å²) in [5, 5.41) is 20.6. The molecule has 0 spiro atoms. The number of alkyl halides is 2. The lowest BCUT2D eigenvalue weighted by Gasteiger charge is -2.04. The van der Waals surface area contributed by atoms with E-state index in [0.717, 1.165) is 10.1 Å². The summed E-state index contributed by atoms with van der Waals surface area (Å²) in [5.41, 5.74) is 1.13. The summed E-state index contributed by atoms with van der Waals surface area (Å²) in [6.07, 6.45) is 0.588. The Morgan fingerprint density at radius 1 is 1.00 bits per heavy atom. The second-order valence-corrected chi connectivity index (χ2v) is 5.99. The van der Waals surface area contributed by atoms with Crippen LogP contribution in [-0.2, 0) is 7.05 Å². The fourth-order valence-corrected chi connectivity index (χ4v) is 2.98. The number of pyridine rings is 1. The minimum atomic E-state index is -2.75. The summed E-state index contributed by atoms with van der Waals surface area (Å²) in [7, 11) is 1.82. The molecule has 0 N–H and O–H groups in total. The molecule has 4 rings (SSSR count). The average molecular weight is 360 g/mol. The zero-order valence-electron chi connectivity index (χ0n) is 12.8. The molecule has 0 aliphatic carbocycles. The third kappa shape index (κ3) is 2.82. The topological polar surface area (TPSA) is 86.7 Å². The molecule has 4 heterocycles. The van der Waals surface area contributed by atoms with E-state index in [-0.39, 0.29) is 5.65 Å². The standard InChI is InChI=1S/C14H10F2N8S/c1-23-12(8-4-6-17-7-5-8)19-21-14(23)25-10-3-2-9-18-20-13(11(15)16)24(9)22-10/h2-7,11H,1H3. The predicted octanol–water partition coefficient (Wildman–Crippen LogP) is 2.40. The van der Waals surface area contributed by atoms with E-state index in [2.05, 4.69) is 30.5 Å². The van der Waals surface area contributed by atoms with Crippen molar-refractivity contribution >= 4 is 17.4 Å². The van der Waals surface area contributed by atoms with Gasteiger partial charge in [0.05, 0.1) is 0 Å². The summed E-state index contributed by atoms with van der Waals surface area (Å²) < 4.78 is 28.7. The van der Waals surface area contributed by atoms with Gasteiger partial charge >= 0.3 is 0 Å². The molecule has 4 aromatic rings. The van der Waals surface area contributed by atoms with Crippen LogP contribution in [0.3, 0.4) is 0 Å². The monoisotopic (exact) mass is 360 g/mol. The zero-order valence-corrected chi connectivity index (χ0v) is 13.6. The van der Waals surface area contributed by atoms with Crippen molar-refractivity contribution in [3.8, 4) is 11.4 Å². The van der Waals surface area contributed by atoms with Gasteiger partial charge in [-0.3, -0.25) is 4.98 Å². The van der Waals surface area contributed by atoms with Gasteiger partial charge in [-0.25, -0.2) is 8.78 Å². The Morgan fingerprint density at radius 3 is 2.56 bits per heavy atom. The Kier molecular flexibility index (Phi) is 3.84. The van der Waals surface area contributed by atoms with E-state index in [9.17, 15) is 8.78 Å². The fraction of sp³-hybridized carbons (Fsp3) is 0.143. The van der Waals surface area contributed by atoms with Crippen molar-refractivity contribution < 1.29 is 8.78 Å². The molecule has 25 heavy (non-hydrogen) atoms. The van der Waals surface area contributed by atoms with Crippen molar-refractivity contribution in [1.82, 2.24) is 39.6 Å². The molecule has 0 aromatic carbocycles. The molecular weight excluding hydrogens is 350 g/mol. The molecule has 4 aromatic heterocycles. The van der Waals surface area contributed by atoms with E-state index in [1.54, 1.807) is 29.1 Å². The number of hydrogen-bond acceptors (Lipinski definition) is 7. The molecule has 8 nitrogen and oxygen atoms in total. The minimum absolute atomic E-state index is 0.259.